The highest BCUT2D eigenvalue weighted by Gasteiger charge is 1.92. The summed E-state index contributed by atoms with van der Waals surface area (Å²) in [6.45, 7) is -0.567. The molecule has 0 N–H and O–H groups in total. The summed E-state index contributed by atoms with van der Waals surface area (Å²) in [5, 5.41) is 8.35. The lowest BCUT2D eigenvalue weighted by Crippen LogP contribution is -1.83. The topological polar surface area (TPSA) is 36.7 Å². The summed E-state index contributed by atoms with van der Waals surface area (Å²) in [4.78, 5) is 3.66. The first-order chi connectivity index (χ1) is 4.86. The molecule has 0 saturated heterocycles. The molecule has 1 rings (SSSR count). The van der Waals surface area contributed by atoms with Gasteiger partial charge in [-0.3, -0.25) is 4.98 Å². The Bertz CT molecular complexity index is 265. The zero-order chi connectivity index (χ0) is 7.40. The Morgan fingerprint density at radius 1 is 1.60 bits per heavy atom. The van der Waals surface area contributed by atoms with Crippen LogP contribution in [0.25, 0.3) is 0 Å². The van der Waals surface area contributed by atoms with Crippen LogP contribution in [-0.4, -0.2) is 4.98 Å². The Morgan fingerprint density at radius 3 is 3.00 bits per heavy atom. The largest absolute Gasteiger partial charge is 0.263 e. The SMILES string of the molecule is N#Cc1cncc(CF)c1. The molecule has 1 aromatic heterocycles. The highest BCUT2D eigenvalue weighted by atomic mass is 19.1. The van der Waals surface area contributed by atoms with E-state index in [0.717, 1.165) is 0 Å². The fourth-order valence-corrected chi connectivity index (χ4v) is 0.622. The molecule has 0 aliphatic rings. The molecule has 0 bridgehead atoms. The van der Waals surface area contributed by atoms with E-state index in [-0.39, 0.29) is 0 Å². The molecule has 1 heterocycles. The van der Waals surface area contributed by atoms with Crippen LogP contribution < -0.4 is 0 Å². The molecule has 0 aromatic carbocycles. The third-order valence-electron chi connectivity index (χ3n) is 1.08. The predicted octanol–water partition coefficient (Wildman–Crippen LogP) is 1.42. The van der Waals surface area contributed by atoms with Gasteiger partial charge >= 0.3 is 0 Å². The van der Waals surface area contributed by atoms with Crippen LogP contribution in [0.5, 0.6) is 0 Å². The average molecular weight is 136 g/mol. The highest BCUT2D eigenvalue weighted by molar-refractivity contribution is 5.28. The van der Waals surface area contributed by atoms with E-state index in [9.17, 15) is 4.39 Å². The van der Waals surface area contributed by atoms with Crippen molar-refractivity contribution in [3.8, 4) is 6.07 Å². The molecule has 0 spiro atoms. The first-order valence-electron chi connectivity index (χ1n) is 2.77. The van der Waals surface area contributed by atoms with Gasteiger partial charge in [0.2, 0.25) is 0 Å². The van der Waals surface area contributed by atoms with Gasteiger partial charge in [0.25, 0.3) is 0 Å². The molecule has 3 heteroatoms. The van der Waals surface area contributed by atoms with Gasteiger partial charge in [-0.05, 0) is 6.07 Å². The number of nitriles is 1. The Morgan fingerprint density at radius 2 is 2.40 bits per heavy atom. The summed E-state index contributed by atoms with van der Waals surface area (Å²) in [6.07, 6.45) is 2.81. The summed E-state index contributed by atoms with van der Waals surface area (Å²) in [5.41, 5.74) is 0.842. The zero-order valence-electron chi connectivity index (χ0n) is 5.21. The van der Waals surface area contributed by atoms with E-state index in [1.807, 2.05) is 6.07 Å². The van der Waals surface area contributed by atoms with Crippen LogP contribution in [0.2, 0.25) is 0 Å². The molecule has 10 heavy (non-hydrogen) atoms. The number of alkyl halides is 1. The van der Waals surface area contributed by atoms with Gasteiger partial charge in [-0.2, -0.15) is 5.26 Å². The molecule has 0 fully saturated rings. The summed E-state index contributed by atoms with van der Waals surface area (Å²) >= 11 is 0. The number of hydrogen-bond acceptors (Lipinski definition) is 2. The minimum absolute atomic E-state index is 0.398. The van der Waals surface area contributed by atoms with E-state index >= 15 is 0 Å². The smallest absolute Gasteiger partial charge is 0.116 e. The van der Waals surface area contributed by atoms with Crippen molar-refractivity contribution >= 4 is 0 Å². The van der Waals surface area contributed by atoms with Crippen LogP contribution in [0.1, 0.15) is 11.1 Å². The molecule has 0 radical (unpaired) electrons. The van der Waals surface area contributed by atoms with E-state index in [1.165, 1.54) is 18.5 Å². The Labute approximate surface area is 57.9 Å². The second-order valence-corrected chi connectivity index (χ2v) is 1.83. The van der Waals surface area contributed by atoms with Crippen molar-refractivity contribution in [2.45, 2.75) is 6.67 Å². The third kappa shape index (κ3) is 1.29. The van der Waals surface area contributed by atoms with Crippen LogP contribution in [-0.2, 0) is 6.67 Å². The molecule has 0 atom stereocenters. The van der Waals surface area contributed by atoms with Gasteiger partial charge in [0.1, 0.15) is 12.7 Å². The zero-order valence-corrected chi connectivity index (χ0v) is 5.21. The lowest BCUT2D eigenvalue weighted by molar-refractivity contribution is 0.484. The Hall–Kier alpha value is -1.43. The van der Waals surface area contributed by atoms with Gasteiger partial charge in [0.15, 0.2) is 0 Å². The van der Waals surface area contributed by atoms with Gasteiger partial charge in [0.05, 0.1) is 5.56 Å². The number of nitrogens with zero attached hydrogens (tertiary/aromatic N) is 2. The van der Waals surface area contributed by atoms with Gasteiger partial charge in [-0.15, -0.1) is 0 Å². The second kappa shape index (κ2) is 2.92. The summed E-state index contributed by atoms with van der Waals surface area (Å²) in [7, 11) is 0. The highest BCUT2D eigenvalue weighted by Crippen LogP contribution is 2.01. The summed E-state index contributed by atoms with van der Waals surface area (Å²) in [6, 6.07) is 3.35. The lowest BCUT2D eigenvalue weighted by Gasteiger charge is -1.90. The molecule has 0 aliphatic heterocycles. The van der Waals surface area contributed by atoms with Crippen molar-refractivity contribution in [3.63, 3.8) is 0 Å². The van der Waals surface area contributed by atoms with Crippen molar-refractivity contribution in [2.75, 3.05) is 0 Å². The van der Waals surface area contributed by atoms with Crippen LogP contribution in [0, 0.1) is 11.3 Å². The molecule has 0 unspecified atom stereocenters. The van der Waals surface area contributed by atoms with Crippen LogP contribution in [0.3, 0.4) is 0 Å². The third-order valence-corrected chi connectivity index (χ3v) is 1.08. The van der Waals surface area contributed by atoms with Gasteiger partial charge in [-0.25, -0.2) is 4.39 Å². The van der Waals surface area contributed by atoms with Gasteiger partial charge < -0.3 is 0 Å². The normalized spacial score (nSPS) is 8.80. The Kier molecular flexibility index (Phi) is 1.96. The van der Waals surface area contributed by atoms with Gasteiger partial charge in [-0.1, -0.05) is 0 Å². The number of aromatic nitrogens is 1. The van der Waals surface area contributed by atoms with Crippen molar-refractivity contribution in [2.24, 2.45) is 0 Å². The van der Waals surface area contributed by atoms with Crippen LogP contribution in [0.4, 0.5) is 4.39 Å². The quantitative estimate of drug-likeness (QED) is 0.585. The van der Waals surface area contributed by atoms with Crippen LogP contribution >= 0.6 is 0 Å². The van der Waals surface area contributed by atoms with E-state index in [2.05, 4.69) is 4.98 Å². The maximum Gasteiger partial charge on any atom is 0.116 e. The number of rotatable bonds is 1. The number of halogens is 1. The molecular weight excluding hydrogens is 131 g/mol. The number of hydrogen-bond donors (Lipinski definition) is 0. The van der Waals surface area contributed by atoms with E-state index in [4.69, 9.17) is 5.26 Å². The number of pyridine rings is 1. The molecule has 0 saturated carbocycles. The molecule has 0 amide bonds. The minimum atomic E-state index is -0.567. The molecule has 2 nitrogen and oxygen atoms in total. The molecule has 0 aliphatic carbocycles. The maximum atomic E-state index is 11.9. The predicted molar refractivity (Wildman–Crippen MR) is 33.8 cm³/mol. The molecule has 1 aromatic rings. The van der Waals surface area contributed by atoms with Crippen molar-refractivity contribution < 1.29 is 4.39 Å². The van der Waals surface area contributed by atoms with E-state index < -0.39 is 6.67 Å². The van der Waals surface area contributed by atoms with Crippen LogP contribution in [0.15, 0.2) is 18.5 Å². The first-order valence-corrected chi connectivity index (χ1v) is 2.77. The molecule has 50 valence electrons. The first kappa shape index (κ1) is 6.69. The fraction of sp³-hybridized carbons (Fsp3) is 0.143. The standard InChI is InChI=1S/C7H5FN2/c8-2-6-1-7(3-9)5-10-4-6/h1,4-5H,2H2. The maximum absolute atomic E-state index is 11.9. The monoisotopic (exact) mass is 136 g/mol. The lowest BCUT2D eigenvalue weighted by atomic mass is 10.2. The fourth-order valence-electron chi connectivity index (χ4n) is 0.622. The van der Waals surface area contributed by atoms with Gasteiger partial charge in [0, 0.05) is 18.0 Å². The molecular formula is C7H5FN2. The van der Waals surface area contributed by atoms with E-state index in [0.29, 0.717) is 11.1 Å². The van der Waals surface area contributed by atoms with E-state index in [1.54, 1.807) is 0 Å². The average Bonchev–Trinajstić information content (AvgIpc) is 2.05. The second-order valence-electron chi connectivity index (χ2n) is 1.83. The Balaban J connectivity index is 3.01. The summed E-state index contributed by atoms with van der Waals surface area (Å²) < 4.78 is 11.9. The van der Waals surface area contributed by atoms with Crippen molar-refractivity contribution in [3.05, 3.63) is 29.6 Å². The van der Waals surface area contributed by atoms with Crippen molar-refractivity contribution in [1.82, 2.24) is 4.98 Å². The minimum Gasteiger partial charge on any atom is -0.263 e. The summed E-state index contributed by atoms with van der Waals surface area (Å²) in [5.74, 6) is 0. The van der Waals surface area contributed by atoms with Crippen molar-refractivity contribution in [1.29, 1.82) is 5.26 Å².